The fourth-order valence-electron chi connectivity index (χ4n) is 0.877. The highest BCUT2D eigenvalue weighted by Gasteiger charge is 2.01. The lowest BCUT2D eigenvalue weighted by atomic mass is 10.8. The largest absolute Gasteiger partial charge is 0.372 e. The van der Waals surface area contributed by atoms with Gasteiger partial charge in [-0.1, -0.05) is 0 Å². The lowest BCUT2D eigenvalue weighted by Gasteiger charge is -1.88. The summed E-state index contributed by atoms with van der Waals surface area (Å²) in [5, 5.41) is 6.96. The maximum Gasteiger partial charge on any atom is 0.253 e. The van der Waals surface area contributed by atoms with E-state index in [1.807, 2.05) is 0 Å². The van der Waals surface area contributed by atoms with Crippen LogP contribution in [0.1, 0.15) is 0 Å². The number of fused-ring (bicyclic) bond motifs is 1. The fraction of sp³-hybridized carbons (Fsp3) is 0.167. The van der Waals surface area contributed by atoms with Crippen molar-refractivity contribution in [3.8, 4) is 0 Å². The summed E-state index contributed by atoms with van der Waals surface area (Å²) >= 11 is 3.22. The van der Waals surface area contributed by atoms with E-state index in [1.165, 1.54) is 0 Å². The molecule has 0 fully saturated rings. The number of halogens is 1. The van der Waals surface area contributed by atoms with Crippen LogP contribution < -0.4 is 5.32 Å². The smallest absolute Gasteiger partial charge is 0.253 e. The molecule has 0 saturated carbocycles. The monoisotopic (exact) mass is 227 g/mol. The molecule has 0 bridgehead atoms. The third kappa shape index (κ3) is 1.14. The quantitative estimate of drug-likeness (QED) is 0.788. The highest BCUT2D eigenvalue weighted by molar-refractivity contribution is 9.10. The van der Waals surface area contributed by atoms with E-state index in [4.69, 9.17) is 0 Å². The Labute approximate surface area is 77.0 Å². The van der Waals surface area contributed by atoms with Crippen molar-refractivity contribution >= 4 is 27.5 Å². The first-order valence-electron chi connectivity index (χ1n) is 3.35. The summed E-state index contributed by atoms with van der Waals surface area (Å²) in [6, 6.07) is 0. The van der Waals surface area contributed by atoms with Gasteiger partial charge in [0.05, 0.1) is 12.4 Å². The van der Waals surface area contributed by atoms with E-state index in [9.17, 15) is 0 Å². The normalized spacial score (nSPS) is 10.5. The van der Waals surface area contributed by atoms with Crippen LogP contribution in [0.25, 0.3) is 5.78 Å². The van der Waals surface area contributed by atoms with Gasteiger partial charge in [-0.15, -0.1) is 0 Å². The topological polar surface area (TPSA) is 55.1 Å². The van der Waals surface area contributed by atoms with E-state index in [0.29, 0.717) is 10.4 Å². The molecule has 62 valence electrons. The number of anilines is 1. The van der Waals surface area contributed by atoms with E-state index in [2.05, 4.69) is 36.3 Å². The van der Waals surface area contributed by atoms with Gasteiger partial charge >= 0.3 is 0 Å². The zero-order chi connectivity index (χ0) is 8.55. The van der Waals surface area contributed by atoms with E-state index >= 15 is 0 Å². The second-order valence-electron chi connectivity index (χ2n) is 2.20. The summed E-state index contributed by atoms with van der Waals surface area (Å²) in [6.07, 6.45) is 3.39. The minimum Gasteiger partial charge on any atom is -0.372 e. The standard InChI is InChI=1S/C6H6BrN5/c1-8-5-3-12-6(11-5)10-4(7)2-9-12/h2-3,8H,1H3. The lowest BCUT2D eigenvalue weighted by Crippen LogP contribution is -1.91. The van der Waals surface area contributed by atoms with Gasteiger partial charge < -0.3 is 5.32 Å². The summed E-state index contributed by atoms with van der Waals surface area (Å²) in [6.45, 7) is 0. The second-order valence-corrected chi connectivity index (χ2v) is 3.01. The Morgan fingerprint density at radius 3 is 3.08 bits per heavy atom. The Morgan fingerprint density at radius 2 is 2.33 bits per heavy atom. The predicted octanol–water partition coefficient (Wildman–Crippen LogP) is 0.928. The Bertz CT molecular complexity index is 409. The van der Waals surface area contributed by atoms with Crippen molar-refractivity contribution in [3.63, 3.8) is 0 Å². The molecule has 5 nitrogen and oxygen atoms in total. The van der Waals surface area contributed by atoms with E-state index < -0.39 is 0 Å². The Balaban J connectivity index is 2.67. The molecule has 0 radical (unpaired) electrons. The Kier molecular flexibility index (Phi) is 1.69. The molecule has 0 saturated heterocycles. The van der Waals surface area contributed by atoms with Gasteiger partial charge in [-0.05, 0) is 15.9 Å². The van der Waals surface area contributed by atoms with E-state index in [1.54, 1.807) is 24.0 Å². The number of nitrogens with one attached hydrogen (secondary N) is 1. The van der Waals surface area contributed by atoms with Gasteiger partial charge in [-0.2, -0.15) is 10.1 Å². The fourth-order valence-corrected chi connectivity index (χ4v) is 1.13. The average molecular weight is 228 g/mol. The zero-order valence-electron chi connectivity index (χ0n) is 6.32. The predicted molar refractivity (Wildman–Crippen MR) is 48.0 cm³/mol. The van der Waals surface area contributed by atoms with Gasteiger partial charge in [0, 0.05) is 7.05 Å². The first-order valence-corrected chi connectivity index (χ1v) is 4.14. The molecule has 2 heterocycles. The number of hydrogen-bond acceptors (Lipinski definition) is 4. The van der Waals surface area contributed by atoms with Gasteiger partial charge in [0.15, 0.2) is 0 Å². The molecule has 0 amide bonds. The van der Waals surface area contributed by atoms with Crippen LogP contribution in [0.5, 0.6) is 0 Å². The van der Waals surface area contributed by atoms with Crippen molar-refractivity contribution < 1.29 is 0 Å². The van der Waals surface area contributed by atoms with Gasteiger partial charge in [-0.25, -0.2) is 9.50 Å². The molecule has 0 aliphatic heterocycles. The van der Waals surface area contributed by atoms with Crippen LogP contribution in [0.4, 0.5) is 5.82 Å². The third-order valence-electron chi connectivity index (χ3n) is 1.42. The number of nitrogens with zero attached hydrogens (tertiary/aromatic N) is 4. The number of rotatable bonds is 1. The highest BCUT2D eigenvalue weighted by atomic mass is 79.9. The molecule has 0 spiro atoms. The SMILES string of the molecule is CNc1cn2ncc(Br)nc2n1. The minimum atomic E-state index is 0.578. The van der Waals surface area contributed by atoms with Crippen LogP contribution in [0, 0.1) is 0 Å². The first-order chi connectivity index (χ1) is 5.79. The van der Waals surface area contributed by atoms with Crippen molar-refractivity contribution in [2.24, 2.45) is 0 Å². The van der Waals surface area contributed by atoms with Gasteiger partial charge in [-0.3, -0.25) is 0 Å². The molecular weight excluding hydrogens is 222 g/mol. The van der Waals surface area contributed by atoms with Crippen LogP contribution in [0.3, 0.4) is 0 Å². The molecule has 2 aromatic rings. The summed E-state index contributed by atoms with van der Waals surface area (Å²) in [5.74, 6) is 1.34. The molecule has 0 aromatic carbocycles. The van der Waals surface area contributed by atoms with Crippen molar-refractivity contribution in [2.45, 2.75) is 0 Å². The van der Waals surface area contributed by atoms with Crippen LogP contribution in [-0.4, -0.2) is 26.6 Å². The Morgan fingerprint density at radius 1 is 1.50 bits per heavy atom. The van der Waals surface area contributed by atoms with Crippen LogP contribution in [0.15, 0.2) is 17.0 Å². The lowest BCUT2D eigenvalue weighted by molar-refractivity contribution is 0.892. The third-order valence-corrected chi connectivity index (χ3v) is 1.80. The maximum atomic E-state index is 4.14. The Hall–Kier alpha value is -1.17. The molecule has 0 atom stereocenters. The molecule has 0 aliphatic rings. The molecule has 6 heteroatoms. The zero-order valence-corrected chi connectivity index (χ0v) is 7.91. The van der Waals surface area contributed by atoms with E-state index in [-0.39, 0.29) is 0 Å². The molecule has 2 aromatic heterocycles. The van der Waals surface area contributed by atoms with Gasteiger partial charge in [0.2, 0.25) is 0 Å². The summed E-state index contributed by atoms with van der Waals surface area (Å²) in [7, 11) is 1.80. The number of imidazole rings is 1. The molecule has 0 unspecified atom stereocenters. The molecule has 2 rings (SSSR count). The van der Waals surface area contributed by atoms with Crippen molar-refractivity contribution in [2.75, 3.05) is 12.4 Å². The van der Waals surface area contributed by atoms with Crippen molar-refractivity contribution in [1.82, 2.24) is 19.6 Å². The summed E-state index contributed by atoms with van der Waals surface area (Å²) in [4.78, 5) is 8.25. The highest BCUT2D eigenvalue weighted by Crippen LogP contribution is 2.08. The first kappa shape index (κ1) is 7.48. The van der Waals surface area contributed by atoms with Crippen LogP contribution in [-0.2, 0) is 0 Å². The van der Waals surface area contributed by atoms with Crippen molar-refractivity contribution in [1.29, 1.82) is 0 Å². The average Bonchev–Trinajstić information content (AvgIpc) is 2.46. The number of aromatic nitrogens is 4. The van der Waals surface area contributed by atoms with Crippen LogP contribution >= 0.6 is 15.9 Å². The molecule has 1 N–H and O–H groups in total. The minimum absolute atomic E-state index is 0.578. The number of hydrogen-bond donors (Lipinski definition) is 1. The molecule has 0 aliphatic carbocycles. The van der Waals surface area contributed by atoms with Crippen LogP contribution in [0.2, 0.25) is 0 Å². The second kappa shape index (κ2) is 2.71. The van der Waals surface area contributed by atoms with Crippen molar-refractivity contribution in [3.05, 3.63) is 17.0 Å². The maximum absolute atomic E-state index is 4.14. The molecule has 12 heavy (non-hydrogen) atoms. The summed E-state index contributed by atoms with van der Waals surface area (Å²) in [5.41, 5.74) is 0. The molecular formula is C6H6BrN5. The van der Waals surface area contributed by atoms with Gasteiger partial charge in [0.25, 0.3) is 5.78 Å². The summed E-state index contributed by atoms with van der Waals surface area (Å²) < 4.78 is 2.29. The van der Waals surface area contributed by atoms with E-state index in [0.717, 1.165) is 5.82 Å². The van der Waals surface area contributed by atoms with Gasteiger partial charge in [0.1, 0.15) is 10.4 Å².